The molecule has 122 valence electrons. The highest BCUT2D eigenvalue weighted by molar-refractivity contribution is 6.04. The lowest BCUT2D eigenvalue weighted by Crippen LogP contribution is -2.21. The number of methoxy groups -OCH3 is 1. The van der Waals surface area contributed by atoms with E-state index in [0.717, 1.165) is 30.0 Å². The first-order chi connectivity index (χ1) is 11.2. The minimum atomic E-state index is -0.112. The summed E-state index contributed by atoms with van der Waals surface area (Å²) < 4.78 is 5.10. The Labute approximate surface area is 138 Å². The maximum Gasteiger partial charge on any atom is 0.255 e. The molecule has 0 fully saturated rings. The molecule has 0 aromatic heterocycles. The zero-order valence-corrected chi connectivity index (χ0v) is 14.0. The average Bonchev–Trinajstić information content (AvgIpc) is 2.58. The molecule has 0 unspecified atom stereocenters. The molecule has 23 heavy (non-hydrogen) atoms. The fourth-order valence-electron chi connectivity index (χ4n) is 2.52. The Balaban J connectivity index is 2.06. The van der Waals surface area contributed by atoms with E-state index >= 15 is 0 Å². The summed E-state index contributed by atoms with van der Waals surface area (Å²) in [6.07, 6.45) is 0. The summed E-state index contributed by atoms with van der Waals surface area (Å²) in [6.45, 7) is 6.70. The number of hydrogen-bond donors (Lipinski definition) is 1. The summed E-state index contributed by atoms with van der Waals surface area (Å²) in [5.74, 6) is -0.112. The van der Waals surface area contributed by atoms with Crippen LogP contribution in [-0.2, 0) is 11.3 Å². The first-order valence-electron chi connectivity index (χ1n) is 7.92. The monoisotopic (exact) mass is 312 g/mol. The van der Waals surface area contributed by atoms with Gasteiger partial charge in [0.15, 0.2) is 0 Å². The van der Waals surface area contributed by atoms with Crippen molar-refractivity contribution < 1.29 is 9.53 Å². The summed E-state index contributed by atoms with van der Waals surface area (Å²) in [6, 6.07) is 15.4. The van der Waals surface area contributed by atoms with Crippen LogP contribution < -0.4 is 10.2 Å². The van der Waals surface area contributed by atoms with Gasteiger partial charge in [-0.15, -0.1) is 0 Å². The van der Waals surface area contributed by atoms with Gasteiger partial charge in [-0.1, -0.05) is 12.1 Å². The van der Waals surface area contributed by atoms with Crippen molar-refractivity contribution in [2.75, 3.05) is 30.4 Å². The zero-order valence-electron chi connectivity index (χ0n) is 14.0. The number of carbonyl (C=O) groups is 1. The van der Waals surface area contributed by atoms with Crippen LogP contribution in [0.1, 0.15) is 29.8 Å². The minimum absolute atomic E-state index is 0.112. The lowest BCUT2D eigenvalue weighted by Gasteiger charge is -2.21. The van der Waals surface area contributed by atoms with Crippen molar-refractivity contribution in [2.24, 2.45) is 0 Å². The molecule has 2 aromatic rings. The average molecular weight is 312 g/mol. The van der Waals surface area contributed by atoms with Crippen molar-refractivity contribution in [3.8, 4) is 0 Å². The maximum atomic E-state index is 12.3. The highest BCUT2D eigenvalue weighted by Gasteiger charge is 2.08. The van der Waals surface area contributed by atoms with Crippen LogP contribution in [0, 0.1) is 0 Å². The first kappa shape index (κ1) is 17.0. The highest BCUT2D eigenvalue weighted by Crippen LogP contribution is 2.18. The van der Waals surface area contributed by atoms with E-state index in [-0.39, 0.29) is 5.91 Å². The maximum absolute atomic E-state index is 12.3. The van der Waals surface area contributed by atoms with E-state index < -0.39 is 0 Å². The Bertz CT molecular complexity index is 634. The van der Waals surface area contributed by atoms with Crippen molar-refractivity contribution in [3.63, 3.8) is 0 Å². The van der Waals surface area contributed by atoms with E-state index in [1.807, 2.05) is 42.5 Å². The number of amides is 1. The lowest BCUT2D eigenvalue weighted by atomic mass is 10.1. The Morgan fingerprint density at radius 3 is 2.39 bits per heavy atom. The molecule has 0 radical (unpaired) electrons. The lowest BCUT2D eigenvalue weighted by molar-refractivity contribution is 0.102. The molecule has 0 aliphatic carbocycles. The summed E-state index contributed by atoms with van der Waals surface area (Å²) >= 11 is 0. The van der Waals surface area contributed by atoms with Crippen molar-refractivity contribution in [1.82, 2.24) is 0 Å². The van der Waals surface area contributed by atoms with E-state index in [0.29, 0.717) is 12.2 Å². The smallest absolute Gasteiger partial charge is 0.255 e. The van der Waals surface area contributed by atoms with Gasteiger partial charge in [-0.25, -0.2) is 0 Å². The number of nitrogens with zero attached hydrogens (tertiary/aromatic N) is 1. The third-order valence-corrected chi connectivity index (χ3v) is 3.75. The number of rotatable bonds is 7. The van der Waals surface area contributed by atoms with Gasteiger partial charge in [0.25, 0.3) is 5.91 Å². The molecular formula is C19H24N2O2. The molecule has 0 bridgehead atoms. The molecule has 2 aromatic carbocycles. The molecule has 0 saturated heterocycles. The molecule has 1 amide bonds. The predicted molar refractivity (Wildman–Crippen MR) is 95.1 cm³/mol. The van der Waals surface area contributed by atoms with Gasteiger partial charge >= 0.3 is 0 Å². The van der Waals surface area contributed by atoms with Crippen molar-refractivity contribution >= 4 is 17.3 Å². The van der Waals surface area contributed by atoms with Crippen molar-refractivity contribution in [3.05, 3.63) is 59.7 Å². The van der Waals surface area contributed by atoms with Crippen molar-refractivity contribution in [2.45, 2.75) is 20.5 Å². The largest absolute Gasteiger partial charge is 0.380 e. The fourth-order valence-corrected chi connectivity index (χ4v) is 2.52. The van der Waals surface area contributed by atoms with E-state index in [2.05, 4.69) is 24.1 Å². The standard InChI is InChI=1S/C19H24N2O2/c1-4-21(5-2)18-11-9-17(10-12-18)20-19(22)16-8-6-7-15(13-16)14-23-3/h6-13H,4-5,14H2,1-3H3,(H,20,22). The number of ether oxygens (including phenoxy) is 1. The molecule has 4 nitrogen and oxygen atoms in total. The van der Waals surface area contributed by atoms with Crippen LogP contribution in [0.3, 0.4) is 0 Å². The van der Waals surface area contributed by atoms with Gasteiger partial charge < -0.3 is 15.0 Å². The molecule has 2 rings (SSSR count). The van der Waals surface area contributed by atoms with Crippen LogP contribution in [0.15, 0.2) is 48.5 Å². The second kappa shape index (κ2) is 8.34. The molecule has 4 heteroatoms. The zero-order chi connectivity index (χ0) is 16.7. The number of benzene rings is 2. The third-order valence-electron chi connectivity index (χ3n) is 3.75. The van der Waals surface area contributed by atoms with E-state index in [1.54, 1.807) is 13.2 Å². The third kappa shape index (κ3) is 4.57. The minimum Gasteiger partial charge on any atom is -0.380 e. The topological polar surface area (TPSA) is 41.6 Å². The van der Waals surface area contributed by atoms with Gasteiger partial charge in [-0.05, 0) is 55.8 Å². The van der Waals surface area contributed by atoms with Crippen molar-refractivity contribution in [1.29, 1.82) is 0 Å². The summed E-state index contributed by atoms with van der Waals surface area (Å²) in [5.41, 5.74) is 3.57. The van der Waals surface area contributed by atoms with E-state index in [1.165, 1.54) is 0 Å². The molecule has 0 heterocycles. The Kier molecular flexibility index (Phi) is 6.18. The molecule has 0 aliphatic heterocycles. The van der Waals surface area contributed by atoms with Gasteiger partial charge in [0, 0.05) is 37.1 Å². The van der Waals surface area contributed by atoms with Crippen LogP contribution in [0.25, 0.3) is 0 Å². The van der Waals surface area contributed by atoms with E-state index in [9.17, 15) is 4.79 Å². The highest BCUT2D eigenvalue weighted by atomic mass is 16.5. The van der Waals surface area contributed by atoms with Gasteiger partial charge in [0.05, 0.1) is 6.61 Å². The molecular weight excluding hydrogens is 288 g/mol. The molecule has 0 spiro atoms. The first-order valence-corrected chi connectivity index (χ1v) is 7.92. The van der Waals surface area contributed by atoms with Crippen LogP contribution in [0.5, 0.6) is 0 Å². The normalized spacial score (nSPS) is 10.4. The Morgan fingerprint density at radius 1 is 1.09 bits per heavy atom. The predicted octanol–water partition coefficient (Wildman–Crippen LogP) is 3.93. The number of hydrogen-bond acceptors (Lipinski definition) is 3. The summed E-state index contributed by atoms with van der Waals surface area (Å²) in [4.78, 5) is 14.6. The molecule has 0 atom stereocenters. The van der Waals surface area contributed by atoms with Crippen LogP contribution in [0.4, 0.5) is 11.4 Å². The SMILES string of the molecule is CCN(CC)c1ccc(NC(=O)c2cccc(COC)c2)cc1. The summed E-state index contributed by atoms with van der Waals surface area (Å²) in [5, 5.41) is 2.93. The van der Waals surface area contributed by atoms with Gasteiger partial charge in [-0.2, -0.15) is 0 Å². The number of anilines is 2. The Hall–Kier alpha value is -2.33. The molecule has 1 N–H and O–H groups in total. The van der Waals surface area contributed by atoms with Gasteiger partial charge in [-0.3, -0.25) is 4.79 Å². The second-order valence-corrected chi connectivity index (χ2v) is 5.31. The second-order valence-electron chi connectivity index (χ2n) is 5.31. The van der Waals surface area contributed by atoms with Gasteiger partial charge in [0.1, 0.15) is 0 Å². The van der Waals surface area contributed by atoms with Crippen LogP contribution in [-0.4, -0.2) is 26.1 Å². The quantitative estimate of drug-likeness (QED) is 0.842. The van der Waals surface area contributed by atoms with Gasteiger partial charge in [0.2, 0.25) is 0 Å². The van der Waals surface area contributed by atoms with E-state index in [4.69, 9.17) is 4.74 Å². The molecule has 0 aliphatic rings. The summed E-state index contributed by atoms with van der Waals surface area (Å²) in [7, 11) is 1.64. The Morgan fingerprint density at radius 2 is 1.78 bits per heavy atom. The molecule has 0 saturated carbocycles. The number of nitrogens with one attached hydrogen (secondary N) is 1. The van der Waals surface area contributed by atoms with Crippen LogP contribution in [0.2, 0.25) is 0 Å². The number of carbonyl (C=O) groups excluding carboxylic acids is 1. The fraction of sp³-hybridized carbons (Fsp3) is 0.316. The van der Waals surface area contributed by atoms with Crippen LogP contribution >= 0.6 is 0 Å².